The zero-order valence-electron chi connectivity index (χ0n) is 9.09. The Kier molecular flexibility index (Phi) is 3.88. The number of halogens is 1. The largest absolute Gasteiger partial charge is 0.286 e. The smallest absolute Gasteiger partial charge is 0.139 e. The lowest BCUT2D eigenvalue weighted by atomic mass is 9.94. The number of nitrogens with zero attached hydrogens (tertiary/aromatic N) is 2. The highest BCUT2D eigenvalue weighted by Gasteiger charge is 2.44. The lowest BCUT2D eigenvalue weighted by Crippen LogP contribution is -2.47. The van der Waals surface area contributed by atoms with E-state index in [9.17, 15) is 4.39 Å². The molecule has 14 heavy (non-hydrogen) atoms. The zero-order chi connectivity index (χ0) is 10.6. The molecule has 0 radical (unpaired) electrons. The molecular weight excluding hydrogens is 179 g/mol. The Bertz CT molecular complexity index is 212. The first-order valence-corrected chi connectivity index (χ1v) is 5.50. The van der Waals surface area contributed by atoms with Crippen LogP contribution in [0.2, 0.25) is 0 Å². The lowest BCUT2D eigenvalue weighted by molar-refractivity contribution is 0.0641. The molecule has 0 heterocycles. The van der Waals surface area contributed by atoms with Gasteiger partial charge in [-0.25, -0.2) is 4.39 Å². The molecule has 0 amide bonds. The van der Waals surface area contributed by atoms with Crippen molar-refractivity contribution in [1.29, 1.82) is 5.26 Å². The summed E-state index contributed by atoms with van der Waals surface area (Å²) in [6, 6.07) is 1.60. The maximum Gasteiger partial charge on any atom is 0.139 e. The van der Waals surface area contributed by atoms with Gasteiger partial charge in [-0.2, -0.15) is 5.26 Å². The number of nitriles is 1. The first-order chi connectivity index (χ1) is 6.68. The third-order valence-electron chi connectivity index (χ3n) is 3.22. The van der Waals surface area contributed by atoms with E-state index in [1.807, 2.05) is 18.7 Å². The summed E-state index contributed by atoms with van der Waals surface area (Å²) >= 11 is 0. The molecule has 1 saturated carbocycles. The summed E-state index contributed by atoms with van der Waals surface area (Å²) < 4.78 is 14.3. The van der Waals surface area contributed by atoms with Crippen LogP contribution in [0.15, 0.2) is 0 Å². The van der Waals surface area contributed by atoms with Gasteiger partial charge >= 0.3 is 0 Å². The standard InChI is InChI=1S/C11H19FN2/c1-3-14(4-2)10(9-13)11(12)7-5-6-8-11/h10H,3-8H2,1-2H3. The quantitative estimate of drug-likeness (QED) is 0.694. The summed E-state index contributed by atoms with van der Waals surface area (Å²) in [6.45, 7) is 5.46. The lowest BCUT2D eigenvalue weighted by Gasteiger charge is -2.33. The molecule has 1 atom stereocenters. The summed E-state index contributed by atoms with van der Waals surface area (Å²) in [4.78, 5) is 1.92. The van der Waals surface area contributed by atoms with Crippen molar-refractivity contribution >= 4 is 0 Å². The molecule has 3 heteroatoms. The van der Waals surface area contributed by atoms with Crippen molar-refractivity contribution in [2.45, 2.75) is 51.2 Å². The van der Waals surface area contributed by atoms with Gasteiger partial charge in [0, 0.05) is 0 Å². The molecule has 0 spiro atoms. The summed E-state index contributed by atoms with van der Waals surface area (Å²) in [6.07, 6.45) is 2.97. The molecule has 0 aliphatic heterocycles. The van der Waals surface area contributed by atoms with Gasteiger partial charge in [-0.1, -0.05) is 26.7 Å². The molecule has 0 aromatic carbocycles. The van der Waals surface area contributed by atoms with E-state index in [2.05, 4.69) is 6.07 Å². The Morgan fingerprint density at radius 2 is 1.86 bits per heavy atom. The first kappa shape index (κ1) is 11.5. The molecule has 0 aromatic heterocycles. The van der Waals surface area contributed by atoms with Gasteiger partial charge in [0.15, 0.2) is 0 Å². The predicted octanol–water partition coefficient (Wildman–Crippen LogP) is 2.50. The summed E-state index contributed by atoms with van der Waals surface area (Å²) in [5.41, 5.74) is -1.25. The molecule has 1 rings (SSSR count). The minimum Gasteiger partial charge on any atom is -0.286 e. The van der Waals surface area contributed by atoms with Crippen LogP contribution >= 0.6 is 0 Å². The second-order valence-electron chi connectivity index (χ2n) is 3.99. The Morgan fingerprint density at radius 3 is 2.21 bits per heavy atom. The van der Waals surface area contributed by atoms with Crippen LogP contribution in [0.3, 0.4) is 0 Å². The second kappa shape index (κ2) is 4.75. The van der Waals surface area contributed by atoms with Crippen LogP contribution in [0.25, 0.3) is 0 Å². The van der Waals surface area contributed by atoms with Gasteiger partial charge in [0.2, 0.25) is 0 Å². The predicted molar refractivity (Wildman–Crippen MR) is 54.6 cm³/mol. The fraction of sp³-hybridized carbons (Fsp3) is 0.909. The molecule has 1 unspecified atom stereocenters. The van der Waals surface area contributed by atoms with Gasteiger partial charge in [-0.3, -0.25) is 4.90 Å². The number of hydrogen-bond acceptors (Lipinski definition) is 2. The normalized spacial score (nSPS) is 22.2. The van der Waals surface area contributed by atoms with Crippen LogP contribution in [0.5, 0.6) is 0 Å². The van der Waals surface area contributed by atoms with Gasteiger partial charge in [-0.05, 0) is 25.9 Å². The fourth-order valence-corrected chi connectivity index (χ4v) is 2.35. The fourth-order valence-electron chi connectivity index (χ4n) is 2.35. The molecule has 2 nitrogen and oxygen atoms in total. The average Bonchev–Trinajstić information content (AvgIpc) is 2.62. The number of alkyl halides is 1. The van der Waals surface area contributed by atoms with E-state index in [0.717, 1.165) is 25.9 Å². The van der Waals surface area contributed by atoms with Crippen molar-refractivity contribution in [3.05, 3.63) is 0 Å². The minimum atomic E-state index is -1.25. The Morgan fingerprint density at radius 1 is 1.36 bits per heavy atom. The highest BCUT2D eigenvalue weighted by Crippen LogP contribution is 2.38. The molecule has 0 N–H and O–H groups in total. The van der Waals surface area contributed by atoms with E-state index >= 15 is 0 Å². The highest BCUT2D eigenvalue weighted by atomic mass is 19.1. The van der Waals surface area contributed by atoms with E-state index < -0.39 is 11.7 Å². The van der Waals surface area contributed by atoms with Gasteiger partial charge in [-0.15, -0.1) is 0 Å². The maximum absolute atomic E-state index is 14.3. The Balaban J connectivity index is 2.74. The third kappa shape index (κ3) is 2.06. The molecule has 80 valence electrons. The molecule has 1 aliphatic carbocycles. The van der Waals surface area contributed by atoms with E-state index in [0.29, 0.717) is 12.8 Å². The summed E-state index contributed by atoms with van der Waals surface area (Å²) in [7, 11) is 0. The molecular formula is C11H19FN2. The van der Waals surface area contributed by atoms with Crippen LogP contribution < -0.4 is 0 Å². The zero-order valence-corrected chi connectivity index (χ0v) is 9.09. The second-order valence-corrected chi connectivity index (χ2v) is 3.99. The van der Waals surface area contributed by atoms with E-state index in [1.54, 1.807) is 0 Å². The van der Waals surface area contributed by atoms with Crippen molar-refractivity contribution in [3.8, 4) is 6.07 Å². The first-order valence-electron chi connectivity index (χ1n) is 5.50. The third-order valence-corrected chi connectivity index (χ3v) is 3.22. The van der Waals surface area contributed by atoms with Crippen molar-refractivity contribution in [3.63, 3.8) is 0 Å². The van der Waals surface area contributed by atoms with Crippen molar-refractivity contribution < 1.29 is 4.39 Å². The van der Waals surface area contributed by atoms with Crippen LogP contribution in [-0.4, -0.2) is 29.7 Å². The van der Waals surface area contributed by atoms with Gasteiger partial charge in [0.25, 0.3) is 0 Å². The van der Waals surface area contributed by atoms with E-state index in [1.165, 1.54) is 0 Å². The van der Waals surface area contributed by atoms with E-state index in [-0.39, 0.29) is 0 Å². The molecule has 0 bridgehead atoms. The van der Waals surface area contributed by atoms with Crippen LogP contribution in [-0.2, 0) is 0 Å². The number of hydrogen-bond donors (Lipinski definition) is 0. The van der Waals surface area contributed by atoms with Gasteiger partial charge in [0.05, 0.1) is 6.07 Å². The summed E-state index contributed by atoms with van der Waals surface area (Å²) in [5.74, 6) is 0. The maximum atomic E-state index is 14.3. The van der Waals surface area contributed by atoms with Gasteiger partial charge in [0.1, 0.15) is 11.7 Å². The van der Waals surface area contributed by atoms with Gasteiger partial charge < -0.3 is 0 Å². The topological polar surface area (TPSA) is 27.0 Å². The average molecular weight is 198 g/mol. The van der Waals surface area contributed by atoms with Crippen LogP contribution in [0.4, 0.5) is 4.39 Å². The Labute approximate surface area is 85.7 Å². The molecule has 0 aromatic rings. The monoisotopic (exact) mass is 198 g/mol. The SMILES string of the molecule is CCN(CC)C(C#N)C1(F)CCCC1. The minimum absolute atomic E-state index is 0.542. The molecule has 0 saturated heterocycles. The van der Waals surface area contributed by atoms with Crippen molar-refractivity contribution in [1.82, 2.24) is 4.90 Å². The van der Waals surface area contributed by atoms with Crippen molar-refractivity contribution in [2.75, 3.05) is 13.1 Å². The van der Waals surface area contributed by atoms with E-state index in [4.69, 9.17) is 5.26 Å². The summed E-state index contributed by atoms with van der Waals surface area (Å²) in [5, 5.41) is 9.05. The molecule has 1 aliphatic rings. The van der Waals surface area contributed by atoms with Crippen molar-refractivity contribution in [2.24, 2.45) is 0 Å². The number of rotatable bonds is 4. The van der Waals surface area contributed by atoms with Crippen LogP contribution in [0.1, 0.15) is 39.5 Å². The Hall–Kier alpha value is -0.620. The highest BCUT2D eigenvalue weighted by molar-refractivity contribution is 5.07. The molecule has 1 fully saturated rings. The van der Waals surface area contributed by atoms with Crippen LogP contribution in [0, 0.1) is 11.3 Å².